The van der Waals surface area contributed by atoms with E-state index in [9.17, 15) is 13.2 Å². The first kappa shape index (κ1) is 19.2. The molecule has 28 heavy (non-hydrogen) atoms. The summed E-state index contributed by atoms with van der Waals surface area (Å²) >= 11 is 0. The largest absolute Gasteiger partial charge is 0.416 e. The van der Waals surface area contributed by atoms with Crippen molar-refractivity contribution < 1.29 is 13.2 Å². The average molecular weight is 390 g/mol. The fourth-order valence-electron chi connectivity index (χ4n) is 3.87. The van der Waals surface area contributed by atoms with E-state index < -0.39 is 11.7 Å². The Kier molecular flexibility index (Phi) is 5.27. The first-order chi connectivity index (χ1) is 13.4. The zero-order valence-corrected chi connectivity index (χ0v) is 16.0. The minimum absolute atomic E-state index is 0.359. The van der Waals surface area contributed by atoms with Crippen molar-refractivity contribution in [3.63, 3.8) is 0 Å². The third-order valence-electron chi connectivity index (χ3n) is 5.54. The van der Waals surface area contributed by atoms with Crippen LogP contribution in [0.1, 0.15) is 36.8 Å². The third-order valence-corrected chi connectivity index (χ3v) is 5.54. The summed E-state index contributed by atoms with van der Waals surface area (Å²) < 4.78 is 38.2. The van der Waals surface area contributed by atoms with Gasteiger partial charge in [0.05, 0.1) is 11.3 Å². The van der Waals surface area contributed by atoms with Crippen molar-refractivity contribution in [2.45, 2.75) is 44.8 Å². The molecule has 2 aliphatic rings. The van der Waals surface area contributed by atoms with E-state index in [4.69, 9.17) is 0 Å². The van der Waals surface area contributed by atoms with Gasteiger partial charge in [0.1, 0.15) is 5.82 Å². The molecule has 4 rings (SSSR count). The van der Waals surface area contributed by atoms with Crippen molar-refractivity contribution in [2.24, 2.45) is 5.92 Å². The molecule has 2 heterocycles. The molecule has 1 aliphatic carbocycles. The number of likely N-dealkylation sites (tertiary alicyclic amines) is 1. The van der Waals surface area contributed by atoms with Crippen molar-refractivity contribution in [2.75, 3.05) is 25.0 Å². The van der Waals surface area contributed by atoms with Gasteiger partial charge in [-0.3, -0.25) is 0 Å². The number of aromatic nitrogens is 2. The molecule has 2 fully saturated rings. The highest BCUT2D eigenvalue weighted by molar-refractivity contribution is 5.64. The minimum Gasteiger partial charge on any atom is -0.365 e. The van der Waals surface area contributed by atoms with E-state index in [0.29, 0.717) is 17.3 Å². The van der Waals surface area contributed by atoms with Gasteiger partial charge in [-0.05, 0) is 68.8 Å². The summed E-state index contributed by atoms with van der Waals surface area (Å²) in [6.45, 7) is 5.31. The predicted molar refractivity (Wildman–Crippen MR) is 103 cm³/mol. The van der Waals surface area contributed by atoms with Crippen LogP contribution in [0.3, 0.4) is 0 Å². The average Bonchev–Trinajstić information content (AvgIpc) is 3.46. The van der Waals surface area contributed by atoms with E-state index in [2.05, 4.69) is 20.4 Å². The first-order valence-corrected chi connectivity index (χ1v) is 9.89. The molecule has 1 saturated carbocycles. The predicted octanol–water partition coefficient (Wildman–Crippen LogP) is 4.76. The number of benzene rings is 1. The molecule has 0 unspecified atom stereocenters. The summed E-state index contributed by atoms with van der Waals surface area (Å²) in [5.41, 5.74) is 1.48. The van der Waals surface area contributed by atoms with E-state index in [1.54, 1.807) is 0 Å². The SMILES string of the molecule is Cc1cc(N[C@@H]2CCCN(CC3CC3)C2)nnc1-c1ccc(C(F)(F)F)cc1. The van der Waals surface area contributed by atoms with Crippen molar-refractivity contribution in [1.82, 2.24) is 15.1 Å². The van der Waals surface area contributed by atoms with Gasteiger partial charge in [0.25, 0.3) is 0 Å². The van der Waals surface area contributed by atoms with E-state index in [0.717, 1.165) is 42.4 Å². The van der Waals surface area contributed by atoms with Crippen LogP contribution in [0.2, 0.25) is 0 Å². The molecular weight excluding hydrogens is 365 g/mol. The van der Waals surface area contributed by atoms with Crippen LogP contribution >= 0.6 is 0 Å². The van der Waals surface area contributed by atoms with Crippen LogP contribution < -0.4 is 5.32 Å². The van der Waals surface area contributed by atoms with Gasteiger partial charge in [-0.25, -0.2) is 0 Å². The Balaban J connectivity index is 1.42. The molecule has 7 heteroatoms. The second-order valence-corrected chi connectivity index (χ2v) is 8.02. The summed E-state index contributed by atoms with van der Waals surface area (Å²) in [6, 6.07) is 7.35. The lowest BCUT2D eigenvalue weighted by Gasteiger charge is -2.33. The molecule has 150 valence electrons. The van der Waals surface area contributed by atoms with Crippen LogP contribution in [0.5, 0.6) is 0 Å². The van der Waals surface area contributed by atoms with Gasteiger partial charge in [0.2, 0.25) is 0 Å². The fourth-order valence-corrected chi connectivity index (χ4v) is 3.87. The number of nitrogens with zero attached hydrogens (tertiary/aromatic N) is 3. The zero-order valence-electron chi connectivity index (χ0n) is 16.0. The normalized spacial score (nSPS) is 20.9. The highest BCUT2D eigenvalue weighted by Crippen LogP contribution is 2.32. The molecular formula is C21H25F3N4. The molecule has 1 aromatic heterocycles. The molecule has 1 atom stereocenters. The zero-order chi connectivity index (χ0) is 19.7. The highest BCUT2D eigenvalue weighted by atomic mass is 19.4. The molecule has 1 aromatic carbocycles. The number of anilines is 1. The smallest absolute Gasteiger partial charge is 0.365 e. The van der Waals surface area contributed by atoms with Gasteiger partial charge in [0.15, 0.2) is 0 Å². The molecule has 1 N–H and O–H groups in total. The molecule has 4 nitrogen and oxygen atoms in total. The first-order valence-electron chi connectivity index (χ1n) is 9.89. The van der Waals surface area contributed by atoms with Gasteiger partial charge < -0.3 is 10.2 Å². The van der Waals surface area contributed by atoms with E-state index in [-0.39, 0.29) is 0 Å². The van der Waals surface area contributed by atoms with E-state index in [1.807, 2.05) is 13.0 Å². The maximum atomic E-state index is 12.7. The number of aryl methyl sites for hydroxylation is 1. The Labute approximate surface area is 163 Å². The monoisotopic (exact) mass is 390 g/mol. The van der Waals surface area contributed by atoms with Crippen LogP contribution in [0.25, 0.3) is 11.3 Å². The maximum Gasteiger partial charge on any atom is 0.416 e. The van der Waals surface area contributed by atoms with Crippen molar-refractivity contribution in [1.29, 1.82) is 0 Å². The number of hydrogen-bond acceptors (Lipinski definition) is 4. The topological polar surface area (TPSA) is 41.0 Å². The van der Waals surface area contributed by atoms with Crippen LogP contribution in [0.15, 0.2) is 30.3 Å². The molecule has 0 radical (unpaired) electrons. The second kappa shape index (κ2) is 7.70. The van der Waals surface area contributed by atoms with Gasteiger partial charge >= 0.3 is 6.18 Å². The van der Waals surface area contributed by atoms with Gasteiger partial charge in [-0.2, -0.15) is 13.2 Å². The second-order valence-electron chi connectivity index (χ2n) is 8.02. The van der Waals surface area contributed by atoms with Gasteiger partial charge in [0, 0.05) is 24.7 Å². The standard InChI is InChI=1S/C21H25F3N4/c1-14-11-19(25-18-3-2-10-28(13-18)12-15-4-5-15)26-27-20(14)16-6-8-17(9-7-16)21(22,23)24/h6-9,11,15,18H,2-5,10,12-13H2,1H3,(H,25,26)/t18-/m1/s1. The summed E-state index contributed by atoms with van der Waals surface area (Å²) in [5, 5.41) is 12.0. The molecule has 1 saturated heterocycles. The number of alkyl halides is 3. The Bertz CT molecular complexity index is 815. The van der Waals surface area contributed by atoms with Crippen molar-refractivity contribution in [3.8, 4) is 11.3 Å². The molecule has 2 aromatic rings. The van der Waals surface area contributed by atoms with Gasteiger partial charge in [-0.15, -0.1) is 10.2 Å². The maximum absolute atomic E-state index is 12.7. The number of rotatable bonds is 5. The summed E-state index contributed by atoms with van der Waals surface area (Å²) in [7, 11) is 0. The van der Waals surface area contributed by atoms with Crippen molar-refractivity contribution >= 4 is 5.82 Å². The van der Waals surface area contributed by atoms with Gasteiger partial charge in [-0.1, -0.05) is 12.1 Å². The molecule has 0 bridgehead atoms. The van der Waals surface area contributed by atoms with Crippen LogP contribution in [-0.4, -0.2) is 40.8 Å². The number of hydrogen-bond donors (Lipinski definition) is 1. The molecule has 1 aliphatic heterocycles. The highest BCUT2D eigenvalue weighted by Gasteiger charge is 2.30. The lowest BCUT2D eigenvalue weighted by molar-refractivity contribution is -0.137. The minimum atomic E-state index is -4.33. The third kappa shape index (κ3) is 4.63. The quantitative estimate of drug-likeness (QED) is 0.799. The van der Waals surface area contributed by atoms with Crippen LogP contribution in [0.4, 0.5) is 19.0 Å². The summed E-state index contributed by atoms with van der Waals surface area (Å²) in [5.74, 6) is 1.62. The fraction of sp³-hybridized carbons (Fsp3) is 0.524. The number of nitrogens with one attached hydrogen (secondary N) is 1. The molecule has 0 spiro atoms. The Morgan fingerprint density at radius 1 is 1.11 bits per heavy atom. The van der Waals surface area contributed by atoms with Crippen LogP contribution in [-0.2, 0) is 6.18 Å². The Hall–Kier alpha value is -2.15. The van der Waals surface area contributed by atoms with E-state index in [1.165, 1.54) is 44.5 Å². The lowest BCUT2D eigenvalue weighted by Crippen LogP contribution is -2.43. The summed E-state index contributed by atoms with van der Waals surface area (Å²) in [4.78, 5) is 2.54. The van der Waals surface area contributed by atoms with Crippen LogP contribution in [0, 0.1) is 12.8 Å². The van der Waals surface area contributed by atoms with Crippen molar-refractivity contribution in [3.05, 3.63) is 41.5 Å². The summed E-state index contributed by atoms with van der Waals surface area (Å²) in [6.07, 6.45) is 0.693. The molecule has 0 amide bonds. The lowest BCUT2D eigenvalue weighted by atomic mass is 10.0. The number of piperidine rings is 1. The van der Waals surface area contributed by atoms with E-state index >= 15 is 0 Å². The Morgan fingerprint density at radius 3 is 2.50 bits per heavy atom. The Morgan fingerprint density at radius 2 is 1.86 bits per heavy atom. The number of halogens is 3.